The van der Waals surface area contributed by atoms with Gasteiger partial charge in [0.1, 0.15) is 0 Å². The SMILES string of the molecule is CCN(CCn1cccn1)C(=O)C1CCCNCC1. The molecule has 0 saturated carbocycles. The summed E-state index contributed by atoms with van der Waals surface area (Å²) in [5.74, 6) is 0.519. The van der Waals surface area contributed by atoms with Gasteiger partial charge in [0.2, 0.25) is 5.91 Å². The monoisotopic (exact) mass is 264 g/mol. The number of carbonyl (C=O) groups excluding carboxylic acids is 1. The highest BCUT2D eigenvalue weighted by Crippen LogP contribution is 2.16. The third-order valence-electron chi connectivity index (χ3n) is 3.78. The summed E-state index contributed by atoms with van der Waals surface area (Å²) in [6.07, 6.45) is 6.80. The molecular formula is C14H24N4O. The molecule has 2 rings (SSSR count). The molecule has 0 radical (unpaired) electrons. The molecule has 1 atom stereocenters. The van der Waals surface area contributed by atoms with E-state index < -0.39 is 0 Å². The lowest BCUT2D eigenvalue weighted by Gasteiger charge is -2.25. The van der Waals surface area contributed by atoms with Crippen molar-refractivity contribution >= 4 is 5.91 Å². The van der Waals surface area contributed by atoms with E-state index in [1.54, 1.807) is 6.20 Å². The Hall–Kier alpha value is -1.36. The molecule has 0 aliphatic carbocycles. The summed E-state index contributed by atoms with van der Waals surface area (Å²) in [5.41, 5.74) is 0. The van der Waals surface area contributed by atoms with Crippen molar-refractivity contribution in [3.8, 4) is 0 Å². The quantitative estimate of drug-likeness (QED) is 0.867. The van der Waals surface area contributed by atoms with E-state index in [9.17, 15) is 4.79 Å². The van der Waals surface area contributed by atoms with Gasteiger partial charge in [-0.2, -0.15) is 5.10 Å². The average molecular weight is 264 g/mol. The van der Waals surface area contributed by atoms with Gasteiger partial charge in [-0.05, 0) is 45.3 Å². The van der Waals surface area contributed by atoms with Crippen molar-refractivity contribution in [2.75, 3.05) is 26.2 Å². The van der Waals surface area contributed by atoms with Gasteiger partial charge in [-0.25, -0.2) is 0 Å². The topological polar surface area (TPSA) is 50.2 Å². The van der Waals surface area contributed by atoms with E-state index in [0.717, 1.165) is 52.0 Å². The van der Waals surface area contributed by atoms with Crippen molar-refractivity contribution in [2.45, 2.75) is 32.7 Å². The van der Waals surface area contributed by atoms with Crippen LogP contribution in [0.3, 0.4) is 0 Å². The number of rotatable bonds is 5. The Morgan fingerprint density at radius 3 is 3.11 bits per heavy atom. The Balaban J connectivity index is 1.86. The van der Waals surface area contributed by atoms with Gasteiger partial charge in [0.05, 0.1) is 6.54 Å². The molecular weight excluding hydrogens is 240 g/mol. The van der Waals surface area contributed by atoms with Gasteiger partial charge in [-0.15, -0.1) is 0 Å². The van der Waals surface area contributed by atoms with Crippen molar-refractivity contribution in [2.24, 2.45) is 5.92 Å². The number of nitrogens with zero attached hydrogens (tertiary/aromatic N) is 3. The third-order valence-corrected chi connectivity index (χ3v) is 3.78. The summed E-state index contributed by atoms with van der Waals surface area (Å²) in [6.45, 7) is 6.37. The maximum absolute atomic E-state index is 12.5. The highest BCUT2D eigenvalue weighted by molar-refractivity contribution is 5.78. The van der Waals surface area contributed by atoms with Gasteiger partial charge in [0.15, 0.2) is 0 Å². The van der Waals surface area contributed by atoms with Gasteiger partial charge in [0, 0.05) is 31.4 Å². The minimum absolute atomic E-state index is 0.201. The molecule has 2 heterocycles. The smallest absolute Gasteiger partial charge is 0.225 e. The highest BCUT2D eigenvalue weighted by Gasteiger charge is 2.23. The molecule has 0 aromatic carbocycles. The summed E-state index contributed by atoms with van der Waals surface area (Å²) in [4.78, 5) is 14.5. The molecule has 0 bridgehead atoms. The molecule has 5 nitrogen and oxygen atoms in total. The first-order valence-corrected chi connectivity index (χ1v) is 7.28. The zero-order valence-electron chi connectivity index (χ0n) is 11.7. The average Bonchev–Trinajstić information content (AvgIpc) is 2.80. The molecule has 1 N–H and O–H groups in total. The highest BCUT2D eigenvalue weighted by atomic mass is 16.2. The predicted octanol–water partition coefficient (Wildman–Crippen LogP) is 1.12. The first-order chi connectivity index (χ1) is 9.31. The fourth-order valence-electron chi connectivity index (χ4n) is 2.60. The lowest BCUT2D eigenvalue weighted by atomic mass is 9.99. The molecule has 1 fully saturated rings. The van der Waals surface area contributed by atoms with Crippen molar-refractivity contribution in [3.05, 3.63) is 18.5 Å². The molecule has 1 aromatic heterocycles. The summed E-state index contributed by atoms with van der Waals surface area (Å²) in [5, 5.41) is 7.54. The third kappa shape index (κ3) is 4.06. The van der Waals surface area contributed by atoms with Crippen molar-refractivity contribution in [1.82, 2.24) is 20.0 Å². The van der Waals surface area contributed by atoms with Crippen LogP contribution < -0.4 is 5.32 Å². The molecule has 1 aromatic rings. The van der Waals surface area contributed by atoms with E-state index >= 15 is 0 Å². The van der Waals surface area contributed by atoms with Crippen LogP contribution in [-0.2, 0) is 11.3 Å². The number of aromatic nitrogens is 2. The lowest BCUT2D eigenvalue weighted by molar-refractivity contribution is -0.135. The maximum Gasteiger partial charge on any atom is 0.225 e. The summed E-state index contributed by atoms with van der Waals surface area (Å²) < 4.78 is 1.88. The molecule has 1 saturated heterocycles. The van der Waals surface area contributed by atoms with Crippen LogP contribution in [0.5, 0.6) is 0 Å². The molecule has 1 unspecified atom stereocenters. The fraction of sp³-hybridized carbons (Fsp3) is 0.714. The Morgan fingerprint density at radius 1 is 1.47 bits per heavy atom. The van der Waals surface area contributed by atoms with E-state index in [4.69, 9.17) is 0 Å². The summed E-state index contributed by atoms with van der Waals surface area (Å²) in [7, 11) is 0. The van der Waals surface area contributed by atoms with Crippen LogP contribution in [0, 0.1) is 5.92 Å². The largest absolute Gasteiger partial charge is 0.341 e. The van der Waals surface area contributed by atoms with Crippen LogP contribution in [0.15, 0.2) is 18.5 Å². The van der Waals surface area contributed by atoms with E-state index in [-0.39, 0.29) is 5.92 Å². The molecule has 1 aliphatic heterocycles. The zero-order valence-corrected chi connectivity index (χ0v) is 11.7. The second kappa shape index (κ2) is 7.28. The van der Waals surface area contributed by atoms with Crippen LogP contribution >= 0.6 is 0 Å². The Labute approximate surface area is 115 Å². The number of hydrogen-bond donors (Lipinski definition) is 1. The second-order valence-electron chi connectivity index (χ2n) is 5.06. The van der Waals surface area contributed by atoms with Gasteiger partial charge >= 0.3 is 0 Å². The van der Waals surface area contributed by atoms with Crippen LogP contribution in [0.1, 0.15) is 26.2 Å². The minimum Gasteiger partial charge on any atom is -0.341 e. The van der Waals surface area contributed by atoms with E-state index in [0.29, 0.717) is 5.91 Å². The fourth-order valence-corrected chi connectivity index (χ4v) is 2.60. The van der Waals surface area contributed by atoms with E-state index in [1.165, 1.54) is 0 Å². The predicted molar refractivity (Wildman–Crippen MR) is 74.7 cm³/mol. The Kier molecular flexibility index (Phi) is 5.39. The molecule has 1 amide bonds. The number of amides is 1. The van der Waals surface area contributed by atoms with Gasteiger partial charge < -0.3 is 10.2 Å². The minimum atomic E-state index is 0.201. The molecule has 106 valence electrons. The number of likely N-dealkylation sites (N-methyl/N-ethyl adjacent to an activating group) is 1. The van der Waals surface area contributed by atoms with Crippen LogP contribution in [0.2, 0.25) is 0 Å². The van der Waals surface area contributed by atoms with Crippen molar-refractivity contribution < 1.29 is 4.79 Å². The number of carbonyl (C=O) groups is 1. The molecule has 0 spiro atoms. The van der Waals surface area contributed by atoms with Gasteiger partial charge in [-0.3, -0.25) is 9.48 Å². The Bertz CT molecular complexity index is 369. The van der Waals surface area contributed by atoms with E-state index in [2.05, 4.69) is 17.3 Å². The lowest BCUT2D eigenvalue weighted by Crippen LogP contribution is -2.38. The normalized spacial score (nSPS) is 19.9. The van der Waals surface area contributed by atoms with Crippen LogP contribution in [-0.4, -0.2) is 46.8 Å². The van der Waals surface area contributed by atoms with Crippen LogP contribution in [0.25, 0.3) is 0 Å². The summed E-state index contributed by atoms with van der Waals surface area (Å²) in [6, 6.07) is 1.91. The van der Waals surface area contributed by atoms with E-state index in [1.807, 2.05) is 21.8 Å². The van der Waals surface area contributed by atoms with Crippen molar-refractivity contribution in [3.63, 3.8) is 0 Å². The zero-order chi connectivity index (χ0) is 13.5. The maximum atomic E-state index is 12.5. The molecule has 1 aliphatic rings. The standard InChI is InChI=1S/C14H24N4O/c1-2-17(11-12-18-10-4-8-16-18)14(19)13-5-3-7-15-9-6-13/h4,8,10,13,15H,2-3,5-7,9,11-12H2,1H3. The number of nitrogens with one attached hydrogen (secondary N) is 1. The first kappa shape index (κ1) is 14.1. The van der Waals surface area contributed by atoms with Gasteiger partial charge in [0.25, 0.3) is 0 Å². The van der Waals surface area contributed by atoms with Crippen LogP contribution in [0.4, 0.5) is 0 Å². The van der Waals surface area contributed by atoms with Crippen molar-refractivity contribution in [1.29, 1.82) is 0 Å². The summed E-state index contributed by atoms with van der Waals surface area (Å²) >= 11 is 0. The van der Waals surface area contributed by atoms with Gasteiger partial charge in [-0.1, -0.05) is 0 Å². The second-order valence-corrected chi connectivity index (χ2v) is 5.06. The first-order valence-electron chi connectivity index (χ1n) is 7.28. The molecule has 19 heavy (non-hydrogen) atoms. The number of hydrogen-bond acceptors (Lipinski definition) is 3. The molecule has 5 heteroatoms. The Morgan fingerprint density at radius 2 is 2.37 bits per heavy atom.